The summed E-state index contributed by atoms with van der Waals surface area (Å²) in [5.41, 5.74) is 3.89. The number of anilines is 2. The molecule has 1 aliphatic carbocycles. The van der Waals surface area contributed by atoms with E-state index in [-0.39, 0.29) is 17.9 Å². The van der Waals surface area contributed by atoms with Crippen LogP contribution in [0, 0.1) is 5.92 Å². The van der Waals surface area contributed by atoms with E-state index in [1.165, 1.54) is 42.4 Å². The molecule has 8 heteroatoms. The molecule has 7 nitrogen and oxygen atoms in total. The van der Waals surface area contributed by atoms with Gasteiger partial charge in [-0.1, -0.05) is 24.3 Å². The van der Waals surface area contributed by atoms with Crippen molar-refractivity contribution in [2.75, 3.05) is 29.9 Å². The molecular formula is C27H30N4O3S. The quantitative estimate of drug-likeness (QED) is 0.442. The molecular weight excluding hydrogens is 460 g/mol. The molecule has 35 heavy (non-hydrogen) atoms. The molecule has 1 aromatic heterocycles. The summed E-state index contributed by atoms with van der Waals surface area (Å²) < 4.78 is 5.84. The van der Waals surface area contributed by atoms with E-state index in [9.17, 15) is 9.59 Å². The number of carbonyl (C=O) groups excluding carboxylic acids is 2. The van der Waals surface area contributed by atoms with Crippen LogP contribution in [0.4, 0.5) is 10.8 Å². The number of aromatic nitrogens is 1. The predicted molar refractivity (Wildman–Crippen MR) is 138 cm³/mol. The van der Waals surface area contributed by atoms with Crippen LogP contribution in [0.25, 0.3) is 0 Å². The number of nitrogens with zero attached hydrogens (tertiary/aromatic N) is 2. The van der Waals surface area contributed by atoms with Gasteiger partial charge in [0, 0.05) is 37.0 Å². The summed E-state index contributed by atoms with van der Waals surface area (Å²) in [5, 5.41) is 7.65. The first-order valence-corrected chi connectivity index (χ1v) is 12.9. The standard InChI is InChI=1S/C27H30N4O3S/c1-17(28-26(33)25-16-35-27(30-25)29-18(2)32)20-5-7-21(8-6-20)22-13-31(14-22)23-9-11-24(12-10-23)34-15-19-3-4-19/h5-12,16-17,19,22H,3-4,13-15H2,1-2H3,(H,28,33)(H,29,30,32)/t17-/m0/s1. The molecule has 2 aliphatic rings. The zero-order chi connectivity index (χ0) is 24.4. The molecule has 1 saturated heterocycles. The van der Waals surface area contributed by atoms with Crippen LogP contribution in [0.2, 0.25) is 0 Å². The molecule has 2 aromatic carbocycles. The van der Waals surface area contributed by atoms with Crippen LogP contribution in [-0.4, -0.2) is 36.5 Å². The van der Waals surface area contributed by atoms with Gasteiger partial charge in [0.1, 0.15) is 11.4 Å². The van der Waals surface area contributed by atoms with E-state index in [0.29, 0.717) is 16.7 Å². The molecule has 3 aromatic rings. The Morgan fingerprint density at radius 3 is 2.49 bits per heavy atom. The molecule has 0 spiro atoms. The van der Waals surface area contributed by atoms with Crippen LogP contribution in [0.5, 0.6) is 5.75 Å². The zero-order valence-electron chi connectivity index (χ0n) is 20.0. The fraction of sp³-hybridized carbons (Fsp3) is 0.370. The van der Waals surface area contributed by atoms with Gasteiger partial charge in [-0.05, 0) is 61.1 Å². The molecule has 2 N–H and O–H groups in total. The molecule has 0 bridgehead atoms. The number of hydrogen-bond donors (Lipinski definition) is 2. The lowest BCUT2D eigenvalue weighted by atomic mass is 9.90. The fourth-order valence-electron chi connectivity index (χ4n) is 4.15. The van der Waals surface area contributed by atoms with Gasteiger partial charge in [-0.15, -0.1) is 11.3 Å². The molecule has 5 rings (SSSR count). The summed E-state index contributed by atoms with van der Waals surface area (Å²) in [4.78, 5) is 30.2. The third-order valence-electron chi connectivity index (χ3n) is 6.54. The van der Waals surface area contributed by atoms with E-state index >= 15 is 0 Å². The van der Waals surface area contributed by atoms with Crippen molar-refractivity contribution in [3.8, 4) is 5.75 Å². The van der Waals surface area contributed by atoms with Gasteiger partial charge in [0.2, 0.25) is 5.91 Å². The van der Waals surface area contributed by atoms with Crippen molar-refractivity contribution < 1.29 is 14.3 Å². The van der Waals surface area contributed by atoms with Gasteiger partial charge >= 0.3 is 0 Å². The molecule has 0 unspecified atom stereocenters. The smallest absolute Gasteiger partial charge is 0.271 e. The Bertz CT molecular complexity index is 1180. The van der Waals surface area contributed by atoms with Crippen LogP contribution in [0.15, 0.2) is 53.9 Å². The number of nitrogens with one attached hydrogen (secondary N) is 2. The van der Waals surface area contributed by atoms with E-state index in [2.05, 4.69) is 69.0 Å². The van der Waals surface area contributed by atoms with Crippen LogP contribution in [0.3, 0.4) is 0 Å². The highest BCUT2D eigenvalue weighted by Crippen LogP contribution is 2.34. The normalized spacial score (nSPS) is 16.3. The highest BCUT2D eigenvalue weighted by atomic mass is 32.1. The van der Waals surface area contributed by atoms with Crippen LogP contribution < -0.4 is 20.3 Å². The number of carbonyl (C=O) groups is 2. The first-order valence-electron chi connectivity index (χ1n) is 12.1. The maximum absolute atomic E-state index is 12.5. The summed E-state index contributed by atoms with van der Waals surface area (Å²) >= 11 is 1.23. The highest BCUT2D eigenvalue weighted by Gasteiger charge is 2.28. The lowest BCUT2D eigenvalue weighted by Gasteiger charge is -2.41. The van der Waals surface area contributed by atoms with Crippen LogP contribution in [-0.2, 0) is 4.79 Å². The average Bonchev–Trinajstić information content (AvgIpc) is 3.54. The van der Waals surface area contributed by atoms with E-state index < -0.39 is 0 Å². The predicted octanol–water partition coefficient (Wildman–Crippen LogP) is 4.99. The number of thiazole rings is 1. The summed E-state index contributed by atoms with van der Waals surface area (Å²) in [5.74, 6) is 1.76. The topological polar surface area (TPSA) is 83.6 Å². The van der Waals surface area contributed by atoms with Crippen molar-refractivity contribution in [1.82, 2.24) is 10.3 Å². The summed E-state index contributed by atoms with van der Waals surface area (Å²) in [6.45, 7) is 6.20. The number of ether oxygens (including phenoxy) is 1. The first-order chi connectivity index (χ1) is 16.9. The van der Waals surface area contributed by atoms with E-state index in [1.54, 1.807) is 5.38 Å². The average molecular weight is 491 g/mol. The molecule has 1 aliphatic heterocycles. The Kier molecular flexibility index (Phi) is 6.72. The van der Waals surface area contributed by atoms with E-state index in [4.69, 9.17) is 4.74 Å². The molecule has 182 valence electrons. The van der Waals surface area contributed by atoms with Gasteiger partial charge < -0.3 is 20.3 Å². The summed E-state index contributed by atoms with van der Waals surface area (Å²) in [6, 6.07) is 16.8. The molecule has 0 radical (unpaired) electrons. The minimum absolute atomic E-state index is 0.152. The van der Waals surface area contributed by atoms with Crippen molar-refractivity contribution >= 4 is 34.0 Å². The summed E-state index contributed by atoms with van der Waals surface area (Å²) in [7, 11) is 0. The van der Waals surface area contributed by atoms with E-state index in [0.717, 1.165) is 36.9 Å². The first kappa shape index (κ1) is 23.4. The third kappa shape index (κ3) is 5.82. The van der Waals surface area contributed by atoms with Crippen molar-refractivity contribution in [3.05, 3.63) is 70.7 Å². The zero-order valence-corrected chi connectivity index (χ0v) is 20.8. The summed E-state index contributed by atoms with van der Waals surface area (Å²) in [6.07, 6.45) is 2.60. The largest absolute Gasteiger partial charge is 0.493 e. The minimum atomic E-state index is -0.256. The Hall–Kier alpha value is -3.39. The Morgan fingerprint density at radius 1 is 1.11 bits per heavy atom. The molecule has 1 saturated carbocycles. The third-order valence-corrected chi connectivity index (χ3v) is 7.30. The van der Waals surface area contributed by atoms with E-state index in [1.807, 2.05) is 6.92 Å². The van der Waals surface area contributed by atoms with Crippen LogP contribution in [0.1, 0.15) is 60.3 Å². The van der Waals surface area contributed by atoms with Gasteiger partial charge in [-0.3, -0.25) is 9.59 Å². The number of hydrogen-bond acceptors (Lipinski definition) is 6. The van der Waals surface area contributed by atoms with Crippen molar-refractivity contribution in [2.45, 2.75) is 38.6 Å². The lowest BCUT2D eigenvalue weighted by Crippen LogP contribution is -2.45. The fourth-order valence-corrected chi connectivity index (χ4v) is 4.89. The van der Waals surface area contributed by atoms with Crippen LogP contribution >= 0.6 is 11.3 Å². The number of amides is 2. The second-order valence-corrected chi connectivity index (χ2v) is 10.3. The monoisotopic (exact) mass is 490 g/mol. The molecule has 1 atom stereocenters. The second-order valence-electron chi connectivity index (χ2n) is 9.43. The highest BCUT2D eigenvalue weighted by molar-refractivity contribution is 7.14. The number of rotatable bonds is 9. The minimum Gasteiger partial charge on any atom is -0.493 e. The molecule has 2 amide bonds. The second kappa shape index (κ2) is 10.1. The van der Waals surface area contributed by atoms with Gasteiger partial charge in [-0.25, -0.2) is 4.98 Å². The van der Waals surface area contributed by atoms with Gasteiger partial charge in [-0.2, -0.15) is 0 Å². The Balaban J connectivity index is 1.10. The lowest BCUT2D eigenvalue weighted by molar-refractivity contribution is -0.114. The van der Waals surface area contributed by atoms with Gasteiger partial charge in [0.05, 0.1) is 12.6 Å². The number of benzene rings is 2. The van der Waals surface area contributed by atoms with Gasteiger partial charge in [0.15, 0.2) is 5.13 Å². The van der Waals surface area contributed by atoms with Crippen molar-refractivity contribution in [2.24, 2.45) is 5.92 Å². The maximum Gasteiger partial charge on any atom is 0.271 e. The Labute approximate surface area is 209 Å². The van der Waals surface area contributed by atoms with Crippen molar-refractivity contribution in [1.29, 1.82) is 0 Å². The molecule has 2 heterocycles. The molecule has 2 fully saturated rings. The SMILES string of the molecule is CC(=O)Nc1nc(C(=O)N[C@@H](C)c2ccc(C3CN(c4ccc(OCC5CC5)cc4)C3)cc2)cs1. The van der Waals surface area contributed by atoms with Gasteiger partial charge in [0.25, 0.3) is 5.91 Å². The maximum atomic E-state index is 12.5. The van der Waals surface area contributed by atoms with Crippen molar-refractivity contribution in [3.63, 3.8) is 0 Å². The Morgan fingerprint density at radius 2 is 1.83 bits per heavy atom.